The van der Waals surface area contributed by atoms with Gasteiger partial charge in [-0.2, -0.15) is 5.26 Å². The Morgan fingerprint density at radius 3 is 2.39 bits per heavy atom. The Morgan fingerprint density at radius 1 is 0.870 bits per heavy atom. The molecule has 0 saturated heterocycles. The molecule has 0 N–H and O–H groups in total. The van der Waals surface area contributed by atoms with Crippen molar-refractivity contribution in [1.82, 2.24) is 0 Å². The third kappa shape index (κ3) is 2.01. The van der Waals surface area contributed by atoms with Crippen LogP contribution in [0.25, 0.3) is 32.9 Å². The Bertz CT molecular complexity index is 1140. The van der Waals surface area contributed by atoms with Gasteiger partial charge in [-0.25, -0.2) is 4.79 Å². The van der Waals surface area contributed by atoms with Crippen LogP contribution >= 0.6 is 0 Å². The molecule has 1 heterocycles. The lowest BCUT2D eigenvalue weighted by molar-refractivity contribution is 0.559. The molecule has 108 valence electrons. The fourth-order valence-electron chi connectivity index (χ4n) is 2.97. The van der Waals surface area contributed by atoms with Crippen molar-refractivity contribution in [2.24, 2.45) is 0 Å². The highest BCUT2D eigenvalue weighted by Crippen LogP contribution is 2.35. The third-order valence-corrected chi connectivity index (χ3v) is 3.97. The van der Waals surface area contributed by atoms with Crippen molar-refractivity contribution < 1.29 is 4.42 Å². The van der Waals surface area contributed by atoms with E-state index in [1.165, 1.54) is 0 Å². The first-order valence-corrected chi connectivity index (χ1v) is 7.23. The van der Waals surface area contributed by atoms with Gasteiger partial charge >= 0.3 is 5.63 Å². The molecule has 0 aliphatic carbocycles. The SMILES string of the molecule is N#Cc1c(-c2ccccc2)c2c(ccc3ccccc32)oc1=O. The quantitative estimate of drug-likeness (QED) is 0.384. The van der Waals surface area contributed by atoms with E-state index in [0.29, 0.717) is 11.1 Å². The molecule has 0 aliphatic heterocycles. The van der Waals surface area contributed by atoms with Crippen LogP contribution in [-0.4, -0.2) is 0 Å². The summed E-state index contributed by atoms with van der Waals surface area (Å²) in [6, 6.07) is 23.1. The van der Waals surface area contributed by atoms with Crippen LogP contribution in [0.3, 0.4) is 0 Å². The maximum absolute atomic E-state index is 12.2. The van der Waals surface area contributed by atoms with Crippen molar-refractivity contribution >= 4 is 21.7 Å². The maximum atomic E-state index is 12.2. The molecular formula is C20H11NO2. The van der Waals surface area contributed by atoms with Crippen molar-refractivity contribution in [2.75, 3.05) is 0 Å². The Morgan fingerprint density at radius 2 is 1.61 bits per heavy atom. The summed E-state index contributed by atoms with van der Waals surface area (Å²) in [5.74, 6) is 0. The second kappa shape index (κ2) is 5.11. The van der Waals surface area contributed by atoms with Crippen molar-refractivity contribution in [2.45, 2.75) is 0 Å². The van der Waals surface area contributed by atoms with Gasteiger partial charge in [0.2, 0.25) is 0 Å². The van der Waals surface area contributed by atoms with Crippen LogP contribution in [0, 0.1) is 11.3 Å². The number of nitrogens with zero attached hydrogens (tertiary/aromatic N) is 1. The van der Waals surface area contributed by atoms with E-state index in [4.69, 9.17) is 4.42 Å². The topological polar surface area (TPSA) is 54.0 Å². The minimum absolute atomic E-state index is 0.0417. The molecule has 0 amide bonds. The molecule has 0 fully saturated rings. The van der Waals surface area contributed by atoms with E-state index in [0.717, 1.165) is 21.7 Å². The number of benzene rings is 3. The molecule has 0 bridgehead atoms. The zero-order valence-electron chi connectivity index (χ0n) is 12.1. The molecule has 0 radical (unpaired) electrons. The van der Waals surface area contributed by atoms with Crippen molar-refractivity contribution in [3.8, 4) is 17.2 Å². The molecular weight excluding hydrogens is 286 g/mol. The summed E-state index contributed by atoms with van der Waals surface area (Å²) in [6.45, 7) is 0. The zero-order chi connectivity index (χ0) is 15.8. The van der Waals surface area contributed by atoms with Crippen LogP contribution in [0.15, 0.2) is 75.9 Å². The highest BCUT2D eigenvalue weighted by molar-refractivity contribution is 6.13. The number of fused-ring (bicyclic) bond motifs is 3. The molecule has 3 nitrogen and oxygen atoms in total. The smallest absolute Gasteiger partial charge is 0.354 e. The summed E-state index contributed by atoms with van der Waals surface area (Å²) in [6.07, 6.45) is 0. The number of nitriles is 1. The molecule has 0 saturated carbocycles. The highest BCUT2D eigenvalue weighted by atomic mass is 16.4. The number of hydrogen-bond acceptors (Lipinski definition) is 3. The van der Waals surface area contributed by atoms with E-state index >= 15 is 0 Å². The molecule has 4 rings (SSSR count). The second-order valence-corrected chi connectivity index (χ2v) is 5.28. The van der Waals surface area contributed by atoms with Crippen LogP contribution in [-0.2, 0) is 0 Å². The van der Waals surface area contributed by atoms with E-state index in [1.807, 2.05) is 66.7 Å². The van der Waals surface area contributed by atoms with E-state index in [1.54, 1.807) is 6.07 Å². The van der Waals surface area contributed by atoms with Gasteiger partial charge in [0.1, 0.15) is 17.2 Å². The largest absolute Gasteiger partial charge is 0.422 e. The molecule has 1 aromatic heterocycles. The van der Waals surface area contributed by atoms with Gasteiger partial charge in [-0.05, 0) is 22.4 Å². The average molecular weight is 297 g/mol. The third-order valence-electron chi connectivity index (χ3n) is 3.97. The maximum Gasteiger partial charge on any atom is 0.354 e. The Balaban J connectivity index is 2.32. The average Bonchev–Trinajstić information content (AvgIpc) is 2.61. The van der Waals surface area contributed by atoms with Crippen molar-refractivity contribution in [1.29, 1.82) is 5.26 Å². The summed E-state index contributed by atoms with van der Waals surface area (Å²) in [5.41, 5.74) is 1.40. The van der Waals surface area contributed by atoms with Gasteiger partial charge in [0, 0.05) is 10.9 Å². The van der Waals surface area contributed by atoms with E-state index < -0.39 is 5.63 Å². The molecule has 0 unspecified atom stereocenters. The van der Waals surface area contributed by atoms with Crippen LogP contribution in [0.5, 0.6) is 0 Å². The summed E-state index contributed by atoms with van der Waals surface area (Å²) >= 11 is 0. The minimum atomic E-state index is -0.603. The lowest BCUT2D eigenvalue weighted by Crippen LogP contribution is -2.07. The van der Waals surface area contributed by atoms with E-state index in [9.17, 15) is 10.1 Å². The van der Waals surface area contributed by atoms with Gasteiger partial charge in [-0.15, -0.1) is 0 Å². The summed E-state index contributed by atoms with van der Waals surface area (Å²) in [4.78, 5) is 12.2. The van der Waals surface area contributed by atoms with Crippen LogP contribution in [0.1, 0.15) is 5.56 Å². The number of hydrogen-bond donors (Lipinski definition) is 0. The Hall–Kier alpha value is -3.38. The van der Waals surface area contributed by atoms with E-state index in [-0.39, 0.29) is 5.56 Å². The summed E-state index contributed by atoms with van der Waals surface area (Å²) < 4.78 is 5.38. The summed E-state index contributed by atoms with van der Waals surface area (Å²) in [5, 5.41) is 12.3. The Kier molecular flexibility index (Phi) is 2.96. The molecule has 0 aliphatic rings. The normalized spacial score (nSPS) is 10.7. The molecule has 3 aromatic carbocycles. The predicted octanol–water partition coefficient (Wildman–Crippen LogP) is 4.48. The van der Waals surface area contributed by atoms with Gasteiger partial charge in [0.25, 0.3) is 0 Å². The lowest BCUT2D eigenvalue weighted by atomic mass is 9.94. The second-order valence-electron chi connectivity index (χ2n) is 5.28. The van der Waals surface area contributed by atoms with Gasteiger partial charge in [0.15, 0.2) is 0 Å². The van der Waals surface area contributed by atoms with Gasteiger partial charge in [-0.1, -0.05) is 60.7 Å². The lowest BCUT2D eigenvalue weighted by Gasteiger charge is -2.10. The van der Waals surface area contributed by atoms with Crippen LogP contribution in [0.2, 0.25) is 0 Å². The fourth-order valence-corrected chi connectivity index (χ4v) is 2.97. The van der Waals surface area contributed by atoms with Crippen molar-refractivity contribution in [3.63, 3.8) is 0 Å². The fraction of sp³-hybridized carbons (Fsp3) is 0. The Labute approximate surface area is 132 Å². The molecule has 3 heteroatoms. The highest BCUT2D eigenvalue weighted by Gasteiger charge is 2.17. The van der Waals surface area contributed by atoms with Gasteiger partial charge < -0.3 is 4.42 Å². The molecule has 0 spiro atoms. The van der Waals surface area contributed by atoms with Gasteiger partial charge in [-0.3, -0.25) is 0 Å². The van der Waals surface area contributed by atoms with Crippen LogP contribution < -0.4 is 5.63 Å². The van der Waals surface area contributed by atoms with Crippen molar-refractivity contribution in [3.05, 3.63) is 82.7 Å². The first-order chi connectivity index (χ1) is 11.3. The molecule has 0 atom stereocenters. The predicted molar refractivity (Wildman–Crippen MR) is 90.1 cm³/mol. The number of rotatable bonds is 1. The zero-order valence-corrected chi connectivity index (χ0v) is 12.1. The standard InChI is InChI=1S/C20H11NO2/c21-12-16-18(14-7-2-1-3-8-14)19-15-9-5-4-6-13(15)10-11-17(19)23-20(16)22/h1-11H. The first kappa shape index (κ1) is 13.3. The minimum Gasteiger partial charge on any atom is -0.422 e. The van der Waals surface area contributed by atoms with Gasteiger partial charge in [0.05, 0.1) is 0 Å². The monoisotopic (exact) mass is 297 g/mol. The summed E-state index contributed by atoms with van der Waals surface area (Å²) in [7, 11) is 0. The van der Waals surface area contributed by atoms with E-state index in [2.05, 4.69) is 0 Å². The molecule has 23 heavy (non-hydrogen) atoms. The van der Waals surface area contributed by atoms with Crippen LogP contribution in [0.4, 0.5) is 0 Å². The molecule has 4 aromatic rings. The first-order valence-electron chi connectivity index (χ1n) is 7.23.